The summed E-state index contributed by atoms with van der Waals surface area (Å²) in [6, 6.07) is 53.1. The second kappa shape index (κ2) is 9.19. The minimum atomic E-state index is -0.225. The Bertz CT molecular complexity index is 2650. The van der Waals surface area contributed by atoms with Crippen molar-refractivity contribution in [1.29, 1.82) is 0 Å². The first-order valence-electron chi connectivity index (χ1n) is 16.1. The van der Waals surface area contributed by atoms with Crippen LogP contribution in [-0.2, 0) is 5.41 Å². The Morgan fingerprint density at radius 1 is 0.457 bits per heavy atom. The van der Waals surface area contributed by atoms with Crippen LogP contribution < -0.4 is 0 Å². The van der Waals surface area contributed by atoms with Gasteiger partial charge in [0, 0.05) is 27.3 Å². The van der Waals surface area contributed by atoms with Crippen LogP contribution in [0.5, 0.6) is 0 Å². The summed E-state index contributed by atoms with van der Waals surface area (Å²) in [5, 5.41) is 9.81. The number of fused-ring (bicyclic) bond motifs is 10. The van der Waals surface area contributed by atoms with E-state index in [1.165, 1.54) is 87.6 Å². The molecular weight excluding hydrogens is 556 g/mol. The summed E-state index contributed by atoms with van der Waals surface area (Å²) < 4.78 is 7.08. The molecule has 0 saturated carbocycles. The molecule has 1 aromatic heterocycles. The first-order valence-corrected chi connectivity index (χ1v) is 16.1. The summed E-state index contributed by atoms with van der Waals surface area (Å²) >= 11 is 0. The van der Waals surface area contributed by atoms with Crippen LogP contribution in [0.15, 0.2) is 150 Å². The highest BCUT2D eigenvalue weighted by Gasteiger charge is 2.40. The predicted octanol–water partition coefficient (Wildman–Crippen LogP) is 12.7. The fourth-order valence-electron chi connectivity index (χ4n) is 8.49. The number of hydrogen-bond donors (Lipinski definition) is 0. The van der Waals surface area contributed by atoms with Crippen molar-refractivity contribution in [2.75, 3.05) is 0 Å². The van der Waals surface area contributed by atoms with Crippen LogP contribution >= 0.6 is 0 Å². The molecule has 1 nitrogen and oxygen atoms in total. The first-order chi connectivity index (χ1) is 22.6. The molecule has 0 unspecified atom stereocenters. The zero-order chi connectivity index (χ0) is 30.6. The third-order valence-electron chi connectivity index (χ3n) is 10.4. The van der Waals surface area contributed by atoms with Gasteiger partial charge in [-0.05, 0) is 77.8 Å². The fraction of sp³-hybridized carbons (Fsp3) is 0.0667. The van der Waals surface area contributed by atoms with Gasteiger partial charge in [-0.25, -0.2) is 0 Å². The number of benzene rings is 8. The molecule has 0 saturated heterocycles. The molecule has 0 atom stereocenters. The van der Waals surface area contributed by atoms with Crippen molar-refractivity contribution in [3.63, 3.8) is 0 Å². The van der Waals surface area contributed by atoms with Crippen molar-refractivity contribution in [2.24, 2.45) is 0 Å². The molecule has 0 N–H and O–H groups in total. The molecule has 0 amide bonds. The van der Waals surface area contributed by atoms with Crippen molar-refractivity contribution in [3.8, 4) is 33.4 Å². The van der Waals surface area contributed by atoms with Gasteiger partial charge >= 0.3 is 0 Å². The lowest BCUT2D eigenvalue weighted by molar-refractivity contribution is 0.650. The Morgan fingerprint density at radius 2 is 1.04 bits per heavy atom. The third-order valence-corrected chi connectivity index (χ3v) is 10.4. The summed E-state index contributed by atoms with van der Waals surface area (Å²) in [6.45, 7) is 4.77. The molecular formula is C45H30O. The molecule has 9 aromatic rings. The second-order valence-electron chi connectivity index (χ2n) is 13.2. The zero-order valence-corrected chi connectivity index (χ0v) is 25.8. The van der Waals surface area contributed by atoms with Gasteiger partial charge in [0.1, 0.15) is 11.2 Å². The molecule has 1 heteroatoms. The van der Waals surface area contributed by atoms with Crippen LogP contribution in [0.1, 0.15) is 25.0 Å². The maximum atomic E-state index is 7.08. The van der Waals surface area contributed by atoms with Gasteiger partial charge in [-0.3, -0.25) is 0 Å². The van der Waals surface area contributed by atoms with E-state index < -0.39 is 0 Å². The largest absolute Gasteiger partial charge is 0.455 e. The minimum Gasteiger partial charge on any atom is -0.455 e. The van der Waals surface area contributed by atoms with E-state index in [1.54, 1.807) is 0 Å². The van der Waals surface area contributed by atoms with Gasteiger partial charge in [-0.1, -0.05) is 147 Å². The van der Waals surface area contributed by atoms with E-state index in [0.29, 0.717) is 0 Å². The average Bonchev–Trinajstić information content (AvgIpc) is 3.59. The molecule has 0 radical (unpaired) electrons. The number of hydrogen-bond acceptors (Lipinski definition) is 1. The number of furan rings is 1. The SMILES string of the molecule is CC1(C)c2ccccc2-c2cc3c(oc4ccc5ccccc5c43)c(-c3c4ccccc4c(-c4ccccc4)c4ccccc34)c21. The molecule has 0 aliphatic heterocycles. The van der Waals surface area contributed by atoms with Gasteiger partial charge in [0.25, 0.3) is 0 Å². The first kappa shape index (κ1) is 25.6. The Kier molecular flexibility index (Phi) is 5.12. The molecule has 0 bridgehead atoms. The van der Waals surface area contributed by atoms with Crippen LogP contribution in [0.3, 0.4) is 0 Å². The summed E-state index contributed by atoms with van der Waals surface area (Å²) in [4.78, 5) is 0. The molecule has 46 heavy (non-hydrogen) atoms. The van der Waals surface area contributed by atoms with Crippen LogP contribution in [0.25, 0.3) is 87.6 Å². The van der Waals surface area contributed by atoms with Crippen LogP contribution in [0, 0.1) is 0 Å². The Balaban J connectivity index is 1.48. The van der Waals surface area contributed by atoms with Gasteiger partial charge in [0.15, 0.2) is 0 Å². The fourth-order valence-corrected chi connectivity index (χ4v) is 8.49. The minimum absolute atomic E-state index is 0.225. The smallest absolute Gasteiger partial charge is 0.143 e. The monoisotopic (exact) mass is 586 g/mol. The Morgan fingerprint density at radius 3 is 1.76 bits per heavy atom. The summed E-state index contributed by atoms with van der Waals surface area (Å²) in [5.74, 6) is 0. The lowest BCUT2D eigenvalue weighted by Crippen LogP contribution is -2.16. The normalized spacial score (nSPS) is 13.6. The molecule has 10 rings (SSSR count). The van der Waals surface area contributed by atoms with Crippen molar-refractivity contribution in [3.05, 3.63) is 157 Å². The van der Waals surface area contributed by atoms with E-state index in [4.69, 9.17) is 4.42 Å². The van der Waals surface area contributed by atoms with E-state index in [1.807, 2.05) is 0 Å². The van der Waals surface area contributed by atoms with Crippen molar-refractivity contribution in [2.45, 2.75) is 19.3 Å². The summed E-state index contributed by atoms with van der Waals surface area (Å²) in [6.07, 6.45) is 0. The highest BCUT2D eigenvalue weighted by Crippen LogP contribution is 2.58. The highest BCUT2D eigenvalue weighted by atomic mass is 16.3. The molecule has 0 spiro atoms. The molecule has 8 aromatic carbocycles. The van der Waals surface area contributed by atoms with Gasteiger partial charge in [-0.2, -0.15) is 0 Å². The average molecular weight is 587 g/mol. The summed E-state index contributed by atoms with van der Waals surface area (Å²) in [7, 11) is 0. The van der Waals surface area contributed by atoms with Crippen LogP contribution in [0.2, 0.25) is 0 Å². The Hall–Kier alpha value is -5.66. The van der Waals surface area contributed by atoms with E-state index in [2.05, 4.69) is 159 Å². The zero-order valence-electron chi connectivity index (χ0n) is 25.8. The molecule has 1 aliphatic carbocycles. The lowest BCUT2D eigenvalue weighted by Gasteiger charge is -2.26. The van der Waals surface area contributed by atoms with Gasteiger partial charge in [-0.15, -0.1) is 0 Å². The maximum absolute atomic E-state index is 7.08. The van der Waals surface area contributed by atoms with Crippen molar-refractivity contribution >= 4 is 54.3 Å². The molecule has 0 fully saturated rings. The van der Waals surface area contributed by atoms with Crippen LogP contribution in [-0.4, -0.2) is 0 Å². The van der Waals surface area contributed by atoms with Crippen molar-refractivity contribution < 1.29 is 4.42 Å². The Labute approximate surface area is 267 Å². The van der Waals surface area contributed by atoms with E-state index >= 15 is 0 Å². The van der Waals surface area contributed by atoms with E-state index in [0.717, 1.165) is 11.2 Å². The molecule has 1 heterocycles. The molecule has 216 valence electrons. The predicted molar refractivity (Wildman–Crippen MR) is 195 cm³/mol. The highest BCUT2D eigenvalue weighted by molar-refractivity contribution is 6.28. The maximum Gasteiger partial charge on any atom is 0.143 e. The second-order valence-corrected chi connectivity index (χ2v) is 13.2. The van der Waals surface area contributed by atoms with E-state index in [-0.39, 0.29) is 5.41 Å². The third kappa shape index (κ3) is 3.30. The van der Waals surface area contributed by atoms with Crippen LogP contribution in [0.4, 0.5) is 0 Å². The lowest BCUT2D eigenvalue weighted by atomic mass is 9.76. The van der Waals surface area contributed by atoms with E-state index in [9.17, 15) is 0 Å². The molecule has 1 aliphatic rings. The van der Waals surface area contributed by atoms with Gasteiger partial charge in [0.05, 0.1) is 0 Å². The van der Waals surface area contributed by atoms with Gasteiger partial charge < -0.3 is 4.42 Å². The quantitative estimate of drug-likeness (QED) is 0.184. The van der Waals surface area contributed by atoms with Crippen molar-refractivity contribution in [1.82, 2.24) is 0 Å². The topological polar surface area (TPSA) is 13.1 Å². The standard InChI is InChI=1S/C45H30O/c1-45(2)37-23-13-12-18-30(37)35-26-36-40-29-17-7-6-14-27(29)24-25-38(40)46-44(36)42(43(35)45)41-33-21-10-8-19-31(33)39(28-15-4-3-5-16-28)32-20-9-11-22-34(32)41/h3-26H,1-2H3. The summed E-state index contributed by atoms with van der Waals surface area (Å²) in [5.41, 5.74) is 12.0. The number of rotatable bonds is 2. The van der Waals surface area contributed by atoms with Gasteiger partial charge in [0.2, 0.25) is 0 Å².